The minimum Gasteiger partial charge on any atom is -0.496 e. The summed E-state index contributed by atoms with van der Waals surface area (Å²) in [4.78, 5) is 7.53. The number of nitrogens with one attached hydrogen (secondary N) is 2. The van der Waals surface area contributed by atoms with Gasteiger partial charge in [-0.3, -0.25) is 5.43 Å². The van der Waals surface area contributed by atoms with Crippen molar-refractivity contribution in [2.45, 2.75) is 0 Å². The highest BCUT2D eigenvalue weighted by Gasteiger charge is 2.08. The van der Waals surface area contributed by atoms with Crippen LogP contribution < -0.4 is 21.3 Å². The van der Waals surface area contributed by atoms with Crippen molar-refractivity contribution < 1.29 is 9.13 Å². The van der Waals surface area contributed by atoms with Gasteiger partial charge in [-0.25, -0.2) is 15.2 Å². The van der Waals surface area contributed by atoms with Crippen molar-refractivity contribution in [1.82, 2.24) is 9.97 Å². The van der Waals surface area contributed by atoms with E-state index in [1.165, 1.54) is 0 Å². The molecule has 2 aromatic rings. The van der Waals surface area contributed by atoms with Gasteiger partial charge in [-0.1, -0.05) is 0 Å². The summed E-state index contributed by atoms with van der Waals surface area (Å²) >= 11 is 3.34. The van der Waals surface area contributed by atoms with E-state index in [2.05, 4.69) is 36.6 Å². The zero-order valence-electron chi connectivity index (χ0n) is 9.95. The zero-order chi connectivity index (χ0) is 13.8. The van der Waals surface area contributed by atoms with Crippen LogP contribution in [0.25, 0.3) is 0 Å². The summed E-state index contributed by atoms with van der Waals surface area (Å²) in [6.07, 6.45) is 1.03. The van der Waals surface area contributed by atoms with Crippen molar-refractivity contribution in [2.24, 2.45) is 5.84 Å². The van der Waals surface area contributed by atoms with Gasteiger partial charge in [0.05, 0.1) is 17.8 Å². The van der Waals surface area contributed by atoms with Gasteiger partial charge >= 0.3 is 0 Å². The Kier molecular flexibility index (Phi) is 4.13. The predicted molar refractivity (Wildman–Crippen MR) is 73.8 cm³/mol. The first-order chi connectivity index (χ1) is 9.13. The molecule has 100 valence electrons. The number of ether oxygens (including phenoxy) is 1. The molecule has 0 aliphatic carbocycles. The molecule has 0 aliphatic heterocycles. The molecule has 0 amide bonds. The lowest BCUT2D eigenvalue weighted by Crippen LogP contribution is -2.12. The number of hydrogen-bond donors (Lipinski definition) is 3. The number of anilines is 3. The highest BCUT2D eigenvalue weighted by molar-refractivity contribution is 9.10. The Bertz CT molecular complexity index is 595. The number of hydrogen-bond acceptors (Lipinski definition) is 6. The molecule has 0 bridgehead atoms. The average Bonchev–Trinajstić information content (AvgIpc) is 2.41. The van der Waals surface area contributed by atoms with E-state index in [4.69, 9.17) is 10.6 Å². The van der Waals surface area contributed by atoms with Crippen LogP contribution in [0.5, 0.6) is 5.75 Å². The molecule has 8 heteroatoms. The number of nitrogen functional groups attached to an aromatic ring is 1. The minimum absolute atomic E-state index is 0.0278. The molecule has 19 heavy (non-hydrogen) atoms. The van der Waals surface area contributed by atoms with Gasteiger partial charge in [-0.2, -0.15) is 4.98 Å². The van der Waals surface area contributed by atoms with Crippen LogP contribution in [0.2, 0.25) is 0 Å². The molecule has 2 rings (SSSR count). The van der Waals surface area contributed by atoms with Crippen LogP contribution in [0.3, 0.4) is 0 Å². The van der Waals surface area contributed by atoms with E-state index < -0.39 is 5.82 Å². The number of nitrogens with two attached hydrogens (primary N) is 1. The summed E-state index contributed by atoms with van der Waals surface area (Å²) in [5.74, 6) is 5.43. The molecule has 0 saturated heterocycles. The number of aromatic nitrogens is 2. The third-order valence-corrected chi connectivity index (χ3v) is 2.91. The van der Waals surface area contributed by atoms with Crippen molar-refractivity contribution >= 4 is 33.4 Å². The number of hydrazine groups is 1. The second-order valence-electron chi connectivity index (χ2n) is 3.51. The summed E-state index contributed by atoms with van der Waals surface area (Å²) in [5.41, 5.74) is 2.90. The third-order valence-electron chi connectivity index (χ3n) is 2.29. The number of rotatable bonds is 4. The molecule has 0 fully saturated rings. The minimum atomic E-state index is -0.578. The van der Waals surface area contributed by atoms with Crippen LogP contribution in [0.15, 0.2) is 28.9 Å². The molecule has 0 saturated carbocycles. The monoisotopic (exact) mass is 327 g/mol. The first-order valence-corrected chi connectivity index (χ1v) is 6.03. The molecule has 0 aliphatic rings. The highest BCUT2D eigenvalue weighted by Crippen LogP contribution is 2.29. The van der Waals surface area contributed by atoms with Gasteiger partial charge in [0.15, 0.2) is 11.6 Å². The Balaban J connectivity index is 2.28. The molecule has 1 aromatic heterocycles. The fourth-order valence-corrected chi connectivity index (χ4v) is 1.95. The SMILES string of the molecule is COc1ccc(Nc2nc(NN)ncc2F)cc1Br. The molecule has 0 unspecified atom stereocenters. The number of halogens is 2. The van der Waals surface area contributed by atoms with E-state index in [0.717, 1.165) is 10.7 Å². The number of nitrogens with zero attached hydrogens (tertiary/aromatic N) is 2. The molecule has 1 aromatic carbocycles. The van der Waals surface area contributed by atoms with E-state index in [0.29, 0.717) is 11.4 Å². The Morgan fingerprint density at radius 1 is 1.42 bits per heavy atom. The lowest BCUT2D eigenvalue weighted by Gasteiger charge is -2.09. The second kappa shape index (κ2) is 5.81. The Morgan fingerprint density at radius 2 is 2.21 bits per heavy atom. The summed E-state index contributed by atoms with van der Waals surface area (Å²) < 4.78 is 19.4. The lowest BCUT2D eigenvalue weighted by molar-refractivity contribution is 0.412. The van der Waals surface area contributed by atoms with Crippen LogP contribution >= 0.6 is 15.9 Å². The van der Waals surface area contributed by atoms with Gasteiger partial charge in [0.1, 0.15) is 5.75 Å². The maximum Gasteiger partial charge on any atom is 0.239 e. The maximum atomic E-state index is 13.5. The molecular formula is C11H11BrFN5O. The summed E-state index contributed by atoms with van der Waals surface area (Å²) in [5, 5.41) is 2.83. The van der Waals surface area contributed by atoms with E-state index in [-0.39, 0.29) is 11.8 Å². The topological polar surface area (TPSA) is 85.1 Å². The third kappa shape index (κ3) is 3.09. The van der Waals surface area contributed by atoms with Crippen LogP contribution in [-0.2, 0) is 0 Å². The number of benzene rings is 1. The molecule has 6 nitrogen and oxygen atoms in total. The second-order valence-corrected chi connectivity index (χ2v) is 4.36. The maximum absolute atomic E-state index is 13.5. The average molecular weight is 328 g/mol. The molecule has 0 radical (unpaired) electrons. The van der Waals surface area contributed by atoms with Crippen molar-refractivity contribution in [3.05, 3.63) is 34.7 Å². The van der Waals surface area contributed by atoms with Gasteiger partial charge in [0.25, 0.3) is 0 Å². The Morgan fingerprint density at radius 3 is 2.84 bits per heavy atom. The smallest absolute Gasteiger partial charge is 0.239 e. The molecule has 4 N–H and O–H groups in total. The van der Waals surface area contributed by atoms with Crippen LogP contribution in [-0.4, -0.2) is 17.1 Å². The van der Waals surface area contributed by atoms with Gasteiger partial charge in [0.2, 0.25) is 5.95 Å². The van der Waals surface area contributed by atoms with E-state index in [9.17, 15) is 4.39 Å². The van der Waals surface area contributed by atoms with Gasteiger partial charge < -0.3 is 10.1 Å². The van der Waals surface area contributed by atoms with Crippen molar-refractivity contribution in [3.8, 4) is 5.75 Å². The van der Waals surface area contributed by atoms with E-state index in [1.807, 2.05) is 0 Å². The summed E-state index contributed by atoms with van der Waals surface area (Å²) in [6, 6.07) is 5.23. The fraction of sp³-hybridized carbons (Fsp3) is 0.0909. The lowest BCUT2D eigenvalue weighted by atomic mass is 10.3. The fourth-order valence-electron chi connectivity index (χ4n) is 1.41. The summed E-state index contributed by atoms with van der Waals surface area (Å²) in [6.45, 7) is 0. The van der Waals surface area contributed by atoms with Crippen molar-refractivity contribution in [3.63, 3.8) is 0 Å². The molecule has 0 atom stereocenters. The first kappa shape index (κ1) is 13.5. The largest absolute Gasteiger partial charge is 0.496 e. The van der Waals surface area contributed by atoms with Crippen molar-refractivity contribution in [2.75, 3.05) is 17.9 Å². The highest BCUT2D eigenvalue weighted by atomic mass is 79.9. The van der Waals surface area contributed by atoms with Crippen LogP contribution in [0, 0.1) is 5.82 Å². The predicted octanol–water partition coefficient (Wildman–Crippen LogP) is 2.42. The normalized spacial score (nSPS) is 10.1. The summed E-state index contributed by atoms with van der Waals surface area (Å²) in [7, 11) is 1.57. The quantitative estimate of drug-likeness (QED) is 0.590. The molecular weight excluding hydrogens is 317 g/mol. The van der Waals surface area contributed by atoms with Crippen LogP contribution in [0.4, 0.5) is 21.8 Å². The van der Waals surface area contributed by atoms with Crippen molar-refractivity contribution in [1.29, 1.82) is 0 Å². The molecule has 0 spiro atoms. The van der Waals surface area contributed by atoms with E-state index >= 15 is 0 Å². The number of methoxy groups -OCH3 is 1. The van der Waals surface area contributed by atoms with Gasteiger partial charge in [0, 0.05) is 5.69 Å². The molecule has 1 heterocycles. The van der Waals surface area contributed by atoms with E-state index in [1.54, 1.807) is 25.3 Å². The van der Waals surface area contributed by atoms with Gasteiger partial charge in [-0.05, 0) is 34.1 Å². The first-order valence-electron chi connectivity index (χ1n) is 5.23. The Labute approximate surface area is 117 Å². The van der Waals surface area contributed by atoms with Crippen LogP contribution in [0.1, 0.15) is 0 Å². The standard InChI is InChI=1S/C11H11BrFN5O/c1-19-9-3-2-6(4-7(9)12)16-10-8(13)5-15-11(17-10)18-14/h2-5H,14H2,1H3,(H2,15,16,17,18). The Hall–Kier alpha value is -1.93. The van der Waals surface area contributed by atoms with Gasteiger partial charge in [-0.15, -0.1) is 0 Å². The zero-order valence-corrected chi connectivity index (χ0v) is 11.5.